The minimum absolute atomic E-state index is 0.0343. The maximum atomic E-state index is 12.8. The van der Waals surface area contributed by atoms with Gasteiger partial charge in [-0.2, -0.15) is 0 Å². The molecule has 3 aliphatic rings. The molecule has 134 valence electrons. The number of esters is 1. The van der Waals surface area contributed by atoms with E-state index in [0.29, 0.717) is 24.4 Å². The number of ether oxygens (including phenoxy) is 1. The standard InChI is InChI=1S/C22H34O2/c1-6-24-20(23)22(5)13-7-12-21(4)18-10-8-16(15(2)3)14-17(18)9-11-19(21)22/h9,14-15,18-19H,6-8,10-13H2,1-5H3/t18-,19-,21+,22+/m0/s1. The third-order valence-corrected chi connectivity index (χ3v) is 7.32. The number of fused-ring (bicyclic) bond motifs is 3. The third-order valence-electron chi connectivity index (χ3n) is 7.32. The predicted octanol–water partition coefficient (Wildman–Crippen LogP) is 5.68. The summed E-state index contributed by atoms with van der Waals surface area (Å²) in [4.78, 5) is 12.8. The summed E-state index contributed by atoms with van der Waals surface area (Å²) in [6, 6.07) is 0. The van der Waals surface area contributed by atoms with Crippen LogP contribution in [0.25, 0.3) is 0 Å². The molecule has 0 unspecified atom stereocenters. The van der Waals surface area contributed by atoms with Crippen LogP contribution in [0.3, 0.4) is 0 Å². The van der Waals surface area contributed by atoms with Gasteiger partial charge in [-0.1, -0.05) is 44.9 Å². The van der Waals surface area contributed by atoms with E-state index in [9.17, 15) is 4.79 Å². The summed E-state index contributed by atoms with van der Waals surface area (Å²) < 4.78 is 5.49. The summed E-state index contributed by atoms with van der Waals surface area (Å²) in [7, 11) is 0. The van der Waals surface area contributed by atoms with E-state index in [-0.39, 0.29) is 16.8 Å². The molecule has 0 aromatic heterocycles. The van der Waals surface area contributed by atoms with Crippen LogP contribution in [0.1, 0.15) is 73.1 Å². The lowest BCUT2D eigenvalue weighted by atomic mass is 9.47. The monoisotopic (exact) mass is 330 g/mol. The van der Waals surface area contributed by atoms with Gasteiger partial charge in [-0.3, -0.25) is 4.79 Å². The van der Waals surface area contributed by atoms with Crippen LogP contribution >= 0.6 is 0 Å². The normalized spacial score (nSPS) is 38.8. The topological polar surface area (TPSA) is 26.3 Å². The van der Waals surface area contributed by atoms with Gasteiger partial charge in [0.2, 0.25) is 0 Å². The van der Waals surface area contributed by atoms with E-state index in [1.54, 1.807) is 11.1 Å². The highest BCUT2D eigenvalue weighted by Gasteiger charge is 2.57. The Bertz CT molecular complexity index is 571. The SMILES string of the molecule is CCOC(=O)[C@]1(C)CCC[C@]2(C)[C@H]3CCC(C(C)C)=CC3=CC[C@@H]21. The zero-order valence-electron chi connectivity index (χ0n) is 16.2. The molecule has 1 fully saturated rings. The van der Waals surface area contributed by atoms with Crippen molar-refractivity contribution < 1.29 is 9.53 Å². The maximum absolute atomic E-state index is 12.8. The van der Waals surface area contributed by atoms with Crippen LogP contribution in [0.4, 0.5) is 0 Å². The van der Waals surface area contributed by atoms with Gasteiger partial charge in [0, 0.05) is 0 Å². The first kappa shape index (κ1) is 17.8. The van der Waals surface area contributed by atoms with Gasteiger partial charge in [0.05, 0.1) is 12.0 Å². The second kappa shape index (κ2) is 6.35. The Kier molecular flexibility index (Phi) is 4.70. The lowest BCUT2D eigenvalue weighted by molar-refractivity contribution is -0.168. The Morgan fingerprint density at radius 2 is 2.08 bits per heavy atom. The van der Waals surface area contributed by atoms with E-state index in [4.69, 9.17) is 4.74 Å². The van der Waals surface area contributed by atoms with Crippen molar-refractivity contribution in [2.24, 2.45) is 28.6 Å². The fourth-order valence-corrected chi connectivity index (χ4v) is 5.88. The molecule has 0 saturated heterocycles. The van der Waals surface area contributed by atoms with Crippen molar-refractivity contribution in [3.05, 3.63) is 23.3 Å². The van der Waals surface area contributed by atoms with Gasteiger partial charge in [-0.05, 0) is 74.7 Å². The first-order chi connectivity index (χ1) is 11.3. The number of hydrogen-bond donors (Lipinski definition) is 0. The van der Waals surface area contributed by atoms with E-state index in [1.165, 1.54) is 19.3 Å². The Balaban J connectivity index is 1.96. The molecule has 4 atom stereocenters. The number of hydrogen-bond acceptors (Lipinski definition) is 2. The van der Waals surface area contributed by atoms with Crippen molar-refractivity contribution in [3.8, 4) is 0 Å². The number of rotatable bonds is 3. The minimum atomic E-state index is -0.312. The fourth-order valence-electron chi connectivity index (χ4n) is 5.88. The summed E-state index contributed by atoms with van der Waals surface area (Å²) in [5.74, 6) is 1.72. The van der Waals surface area contributed by atoms with Gasteiger partial charge in [0.15, 0.2) is 0 Å². The van der Waals surface area contributed by atoms with Crippen LogP contribution in [0.2, 0.25) is 0 Å². The molecule has 0 spiro atoms. The van der Waals surface area contributed by atoms with Crippen LogP contribution in [-0.4, -0.2) is 12.6 Å². The molecule has 3 aliphatic carbocycles. The molecule has 2 nitrogen and oxygen atoms in total. The second-order valence-electron chi connectivity index (χ2n) is 8.95. The Hall–Kier alpha value is -1.05. The van der Waals surface area contributed by atoms with Gasteiger partial charge in [-0.15, -0.1) is 0 Å². The van der Waals surface area contributed by atoms with Gasteiger partial charge in [0.25, 0.3) is 0 Å². The number of carbonyl (C=O) groups excluding carboxylic acids is 1. The number of allylic oxidation sites excluding steroid dienone is 4. The van der Waals surface area contributed by atoms with Crippen molar-refractivity contribution in [1.29, 1.82) is 0 Å². The van der Waals surface area contributed by atoms with Gasteiger partial charge in [-0.25, -0.2) is 0 Å². The average molecular weight is 331 g/mol. The molecule has 0 aromatic carbocycles. The molecule has 0 amide bonds. The first-order valence-electron chi connectivity index (χ1n) is 9.90. The fraction of sp³-hybridized carbons (Fsp3) is 0.773. The lowest BCUT2D eigenvalue weighted by Gasteiger charge is -2.57. The van der Waals surface area contributed by atoms with Crippen molar-refractivity contribution in [2.45, 2.75) is 73.1 Å². The zero-order valence-corrected chi connectivity index (χ0v) is 16.2. The molecule has 1 saturated carbocycles. The Labute approximate surface area is 147 Å². The smallest absolute Gasteiger partial charge is 0.312 e. The minimum Gasteiger partial charge on any atom is -0.466 e. The number of carbonyl (C=O) groups is 1. The van der Waals surface area contributed by atoms with Crippen molar-refractivity contribution in [2.75, 3.05) is 6.61 Å². The molecule has 0 aromatic rings. The van der Waals surface area contributed by atoms with E-state index in [0.717, 1.165) is 19.3 Å². The first-order valence-corrected chi connectivity index (χ1v) is 9.90. The van der Waals surface area contributed by atoms with E-state index < -0.39 is 0 Å². The van der Waals surface area contributed by atoms with Crippen LogP contribution in [0.5, 0.6) is 0 Å². The lowest BCUT2D eigenvalue weighted by Crippen LogP contribution is -2.53. The van der Waals surface area contributed by atoms with Crippen LogP contribution in [0, 0.1) is 28.6 Å². The summed E-state index contributed by atoms with van der Waals surface area (Å²) >= 11 is 0. The van der Waals surface area contributed by atoms with Gasteiger partial charge < -0.3 is 4.74 Å². The molecule has 24 heavy (non-hydrogen) atoms. The zero-order chi connectivity index (χ0) is 17.5. The Morgan fingerprint density at radius 3 is 2.75 bits per heavy atom. The molecule has 3 rings (SSSR count). The molecule has 0 aliphatic heterocycles. The highest BCUT2D eigenvalue weighted by molar-refractivity contribution is 5.77. The molecule has 0 N–H and O–H groups in total. The van der Waals surface area contributed by atoms with Crippen molar-refractivity contribution in [1.82, 2.24) is 0 Å². The van der Waals surface area contributed by atoms with Crippen LogP contribution < -0.4 is 0 Å². The summed E-state index contributed by atoms with van der Waals surface area (Å²) in [6.07, 6.45) is 11.8. The molecular weight excluding hydrogens is 296 g/mol. The summed E-state index contributed by atoms with van der Waals surface area (Å²) in [5.41, 5.74) is 3.08. The average Bonchev–Trinajstić information content (AvgIpc) is 2.54. The predicted molar refractivity (Wildman–Crippen MR) is 98.5 cm³/mol. The van der Waals surface area contributed by atoms with Gasteiger partial charge >= 0.3 is 5.97 Å². The van der Waals surface area contributed by atoms with E-state index in [2.05, 4.69) is 39.8 Å². The molecule has 0 heterocycles. The molecule has 2 heteroatoms. The molecule has 0 bridgehead atoms. The third kappa shape index (κ3) is 2.66. The highest BCUT2D eigenvalue weighted by atomic mass is 16.5. The van der Waals surface area contributed by atoms with E-state index in [1.807, 2.05) is 6.92 Å². The molecular formula is C22H34O2. The summed E-state index contributed by atoms with van der Waals surface area (Å²) in [5, 5.41) is 0. The summed E-state index contributed by atoms with van der Waals surface area (Å²) in [6.45, 7) is 11.6. The van der Waals surface area contributed by atoms with Gasteiger partial charge in [0.1, 0.15) is 0 Å². The van der Waals surface area contributed by atoms with E-state index >= 15 is 0 Å². The van der Waals surface area contributed by atoms with Crippen molar-refractivity contribution >= 4 is 5.97 Å². The highest BCUT2D eigenvalue weighted by Crippen LogP contribution is 2.62. The van der Waals surface area contributed by atoms with Crippen LogP contribution in [0.15, 0.2) is 23.3 Å². The molecule has 0 radical (unpaired) electrons. The maximum Gasteiger partial charge on any atom is 0.312 e. The second-order valence-corrected chi connectivity index (χ2v) is 8.95. The van der Waals surface area contributed by atoms with Crippen molar-refractivity contribution in [3.63, 3.8) is 0 Å². The quantitative estimate of drug-likeness (QED) is 0.622. The largest absolute Gasteiger partial charge is 0.466 e. The Morgan fingerprint density at radius 1 is 1.33 bits per heavy atom. The van der Waals surface area contributed by atoms with Crippen LogP contribution in [-0.2, 0) is 9.53 Å².